The minimum atomic E-state index is -1.88. The summed E-state index contributed by atoms with van der Waals surface area (Å²) >= 11 is 21.7. The van der Waals surface area contributed by atoms with E-state index in [1.54, 1.807) is 6.92 Å². The first-order valence-electron chi connectivity index (χ1n) is 1.60. The van der Waals surface area contributed by atoms with Gasteiger partial charge < -0.3 is 0 Å². The minimum Gasteiger partial charge on any atom is -0.147 e. The maximum atomic E-state index is 5.43. The molecule has 0 bridgehead atoms. The summed E-state index contributed by atoms with van der Waals surface area (Å²) in [7, 11) is -1.88. The van der Waals surface area contributed by atoms with Gasteiger partial charge in [0, 0.05) is 0 Å². The van der Waals surface area contributed by atoms with Crippen LogP contribution in [0.1, 0.15) is 6.92 Å². The molecule has 0 rings (SSSR count). The number of halogens is 4. The van der Waals surface area contributed by atoms with E-state index in [1.807, 2.05) is 0 Å². The van der Waals surface area contributed by atoms with Gasteiger partial charge in [0.1, 0.15) is 3.96 Å². The molecule has 0 aromatic carbocycles. The van der Waals surface area contributed by atoms with Crippen LogP contribution in [0.2, 0.25) is 0 Å². The molecule has 0 radical (unpaired) electrons. The highest BCUT2D eigenvalue weighted by atomic mass is 35.7. The fourth-order valence-corrected chi connectivity index (χ4v) is 0. The zero-order chi connectivity index (χ0) is 6.08. The van der Waals surface area contributed by atoms with E-state index < -0.39 is 11.4 Å². The zero-order valence-corrected chi connectivity index (χ0v) is 7.77. The van der Waals surface area contributed by atoms with Crippen molar-refractivity contribution in [1.82, 2.24) is 0 Å². The van der Waals surface area contributed by atoms with Crippen LogP contribution in [0.3, 0.4) is 0 Å². The molecule has 44 valence electrons. The van der Waals surface area contributed by atoms with E-state index in [9.17, 15) is 0 Å². The third-order valence-corrected chi connectivity index (χ3v) is 6.42. The highest BCUT2D eigenvalue weighted by molar-refractivity contribution is 7.38. The van der Waals surface area contributed by atoms with Crippen molar-refractivity contribution in [2.24, 2.45) is 0 Å². The Kier molecular flexibility index (Phi) is 3.33. The Hall–Kier alpha value is 1.38. The third-order valence-electron chi connectivity index (χ3n) is 0.383. The van der Waals surface area contributed by atoms with E-state index in [-0.39, 0.29) is 0 Å². The Morgan fingerprint density at radius 2 is 1.43 bits per heavy atom. The van der Waals surface area contributed by atoms with Gasteiger partial charge in [0.15, 0.2) is 0 Å². The number of alkyl halides is 2. The highest BCUT2D eigenvalue weighted by Crippen LogP contribution is 2.27. The van der Waals surface area contributed by atoms with E-state index in [1.165, 1.54) is 0 Å². The summed E-state index contributed by atoms with van der Waals surface area (Å²) in [5.41, 5.74) is 0. The van der Waals surface area contributed by atoms with Crippen molar-refractivity contribution < 1.29 is 0 Å². The van der Waals surface area contributed by atoms with Crippen molar-refractivity contribution in [3.8, 4) is 0 Å². The summed E-state index contributed by atoms with van der Waals surface area (Å²) < 4.78 is -0.886. The second-order valence-electron chi connectivity index (χ2n) is 1.26. The molecule has 0 aromatic rings. The van der Waals surface area contributed by atoms with E-state index in [0.29, 0.717) is 0 Å². The van der Waals surface area contributed by atoms with Crippen molar-refractivity contribution >= 4 is 52.8 Å². The summed E-state index contributed by atoms with van der Waals surface area (Å²) in [6.45, 7) is 1.59. The fraction of sp³-hybridized carbons (Fsp3) is 1.00. The van der Waals surface area contributed by atoms with Crippen LogP contribution in [0.4, 0.5) is 0 Å². The topological polar surface area (TPSA) is 0 Å². The molecule has 0 saturated heterocycles. The Labute approximate surface area is 63.7 Å². The van der Waals surface area contributed by atoms with Gasteiger partial charge in [0.25, 0.3) is 7.42 Å². The Bertz CT molecular complexity index is 55.2. The van der Waals surface area contributed by atoms with Gasteiger partial charge >= 0.3 is 0 Å². The summed E-state index contributed by atoms with van der Waals surface area (Å²) in [5, 5.41) is 0. The van der Waals surface area contributed by atoms with Gasteiger partial charge in [-0.05, 0) is 6.92 Å². The first-order valence-corrected chi connectivity index (χ1v) is 6.43. The van der Waals surface area contributed by atoms with Crippen LogP contribution in [0.25, 0.3) is 0 Å². The second kappa shape index (κ2) is 2.79. The normalized spacial score (nSPS) is 12.9. The molecular formula is C2H4Cl4Si. The van der Waals surface area contributed by atoms with Crippen molar-refractivity contribution in [2.45, 2.75) is 10.9 Å². The maximum absolute atomic E-state index is 5.43. The number of hydrogen-bond donors (Lipinski definition) is 0. The molecule has 0 spiro atoms. The zero-order valence-electron chi connectivity index (χ0n) is 3.59. The number of rotatable bonds is 1. The first-order chi connectivity index (χ1) is 2.94. The van der Waals surface area contributed by atoms with Crippen LogP contribution in [-0.4, -0.2) is 11.4 Å². The summed E-state index contributed by atoms with van der Waals surface area (Å²) in [5.74, 6) is 0. The van der Waals surface area contributed by atoms with Gasteiger partial charge in [-0.1, -0.05) is 0 Å². The van der Waals surface area contributed by atoms with Crippen molar-refractivity contribution in [1.29, 1.82) is 0 Å². The Balaban J connectivity index is 3.54. The molecule has 0 aliphatic heterocycles. The molecule has 0 saturated carbocycles. The lowest BCUT2D eigenvalue weighted by Gasteiger charge is -2.10. The molecule has 0 heterocycles. The van der Waals surface area contributed by atoms with Crippen molar-refractivity contribution in [3.63, 3.8) is 0 Å². The molecule has 0 nitrogen and oxygen atoms in total. The quantitative estimate of drug-likeness (QED) is 0.344. The van der Waals surface area contributed by atoms with Gasteiger partial charge in [0.05, 0.1) is 0 Å². The molecule has 0 aliphatic carbocycles. The summed E-state index contributed by atoms with van der Waals surface area (Å²) in [6.07, 6.45) is 0. The van der Waals surface area contributed by atoms with Crippen LogP contribution in [0.15, 0.2) is 0 Å². The summed E-state index contributed by atoms with van der Waals surface area (Å²) in [6, 6.07) is 0. The summed E-state index contributed by atoms with van der Waals surface area (Å²) in [4.78, 5) is 0. The first kappa shape index (κ1) is 8.38. The van der Waals surface area contributed by atoms with Crippen molar-refractivity contribution in [3.05, 3.63) is 0 Å². The van der Waals surface area contributed by atoms with Crippen LogP contribution in [-0.2, 0) is 0 Å². The molecule has 0 fully saturated rings. The van der Waals surface area contributed by atoms with Crippen LogP contribution >= 0.6 is 45.4 Å². The highest BCUT2D eigenvalue weighted by Gasteiger charge is 2.27. The largest absolute Gasteiger partial charge is 0.272 e. The van der Waals surface area contributed by atoms with E-state index in [0.717, 1.165) is 0 Å². The molecule has 5 heteroatoms. The minimum absolute atomic E-state index is 0.886. The van der Waals surface area contributed by atoms with Gasteiger partial charge in [-0.2, -0.15) is 0 Å². The standard InChI is InChI=1S/C2H4Cl4Si/c1-2(3,4)7(5)6/h7H,1H3. The van der Waals surface area contributed by atoms with Crippen LogP contribution in [0, 0.1) is 0 Å². The predicted molar refractivity (Wildman–Crippen MR) is 39.0 cm³/mol. The molecule has 7 heavy (non-hydrogen) atoms. The molecule has 0 aromatic heterocycles. The van der Waals surface area contributed by atoms with Gasteiger partial charge in [0.2, 0.25) is 0 Å². The van der Waals surface area contributed by atoms with Gasteiger partial charge in [-0.25, -0.2) is 0 Å². The van der Waals surface area contributed by atoms with Crippen molar-refractivity contribution in [2.75, 3.05) is 0 Å². The molecule has 0 atom stereocenters. The number of hydrogen-bond acceptors (Lipinski definition) is 0. The molecular weight excluding hydrogens is 194 g/mol. The molecule has 0 aliphatic rings. The van der Waals surface area contributed by atoms with Gasteiger partial charge in [-0.15, -0.1) is 45.4 Å². The monoisotopic (exact) mass is 196 g/mol. The SMILES string of the molecule is CC(Cl)(Cl)[SiH](Cl)Cl. The average molecular weight is 198 g/mol. The van der Waals surface area contributed by atoms with Gasteiger partial charge in [-0.3, -0.25) is 0 Å². The van der Waals surface area contributed by atoms with E-state index in [2.05, 4.69) is 0 Å². The van der Waals surface area contributed by atoms with Crippen LogP contribution in [0.5, 0.6) is 0 Å². The average Bonchev–Trinajstić information content (AvgIpc) is 1.31. The lowest BCUT2D eigenvalue weighted by Crippen LogP contribution is -2.20. The molecule has 0 N–H and O–H groups in total. The lowest BCUT2D eigenvalue weighted by molar-refractivity contribution is 1.25. The van der Waals surface area contributed by atoms with E-state index in [4.69, 9.17) is 45.4 Å². The lowest BCUT2D eigenvalue weighted by atomic mass is 10.9. The Morgan fingerprint density at radius 3 is 1.43 bits per heavy atom. The van der Waals surface area contributed by atoms with E-state index >= 15 is 0 Å². The fourth-order valence-electron chi connectivity index (χ4n) is 0. The Morgan fingerprint density at radius 1 is 1.29 bits per heavy atom. The maximum Gasteiger partial charge on any atom is 0.272 e. The van der Waals surface area contributed by atoms with Crippen LogP contribution < -0.4 is 0 Å². The smallest absolute Gasteiger partial charge is 0.147 e. The molecule has 0 amide bonds. The second-order valence-corrected chi connectivity index (χ2v) is 8.80. The predicted octanol–water partition coefficient (Wildman–Crippen LogP) is 2.42. The third kappa shape index (κ3) is 3.92. The molecule has 0 unspecified atom stereocenters.